The summed E-state index contributed by atoms with van der Waals surface area (Å²) < 4.78 is 10.3. The van der Waals surface area contributed by atoms with Crippen LogP contribution < -0.4 is 0 Å². The fourth-order valence-corrected chi connectivity index (χ4v) is 1.56. The van der Waals surface area contributed by atoms with Gasteiger partial charge in [-0.3, -0.25) is 0 Å². The molecule has 0 saturated carbocycles. The van der Waals surface area contributed by atoms with E-state index in [9.17, 15) is 0 Å². The molecule has 0 aromatic heterocycles. The molecule has 0 N–H and O–H groups in total. The zero-order valence-corrected chi connectivity index (χ0v) is 9.39. The third-order valence-electron chi connectivity index (χ3n) is 2.39. The van der Waals surface area contributed by atoms with Crippen molar-refractivity contribution in [3.8, 4) is 0 Å². The number of ether oxygens (including phenoxy) is 2. The van der Waals surface area contributed by atoms with E-state index < -0.39 is 0 Å². The molecular formula is C12H18O2. The lowest BCUT2D eigenvalue weighted by Gasteiger charge is -2.10. The summed E-state index contributed by atoms with van der Waals surface area (Å²) in [4.78, 5) is 0. The number of hydrogen-bond acceptors (Lipinski definition) is 2. The molecule has 1 aromatic carbocycles. The van der Waals surface area contributed by atoms with Gasteiger partial charge < -0.3 is 9.47 Å². The number of hydrogen-bond donors (Lipinski definition) is 0. The van der Waals surface area contributed by atoms with Gasteiger partial charge in [-0.2, -0.15) is 0 Å². The van der Waals surface area contributed by atoms with Gasteiger partial charge in [0.2, 0.25) is 0 Å². The number of rotatable bonds is 4. The van der Waals surface area contributed by atoms with Crippen LogP contribution in [0.2, 0.25) is 0 Å². The van der Waals surface area contributed by atoms with Crippen LogP contribution >= 0.6 is 0 Å². The average molecular weight is 194 g/mol. The first kappa shape index (κ1) is 11.2. The Labute approximate surface area is 85.8 Å². The number of aryl methyl sites for hydroxylation is 2. The maximum atomic E-state index is 5.13. The molecule has 78 valence electrons. The van der Waals surface area contributed by atoms with Gasteiger partial charge in [0.1, 0.15) is 0 Å². The minimum absolute atomic E-state index is 0.680. The van der Waals surface area contributed by atoms with E-state index in [0.29, 0.717) is 13.2 Å². The molecule has 0 bridgehead atoms. The van der Waals surface area contributed by atoms with E-state index in [-0.39, 0.29) is 0 Å². The van der Waals surface area contributed by atoms with Crippen LogP contribution in [-0.2, 0) is 22.7 Å². The Hall–Kier alpha value is -0.860. The van der Waals surface area contributed by atoms with Crippen molar-refractivity contribution >= 4 is 0 Å². The van der Waals surface area contributed by atoms with Crippen molar-refractivity contribution in [2.45, 2.75) is 27.1 Å². The normalized spacial score (nSPS) is 10.6. The number of methoxy groups -OCH3 is 2. The van der Waals surface area contributed by atoms with Crippen molar-refractivity contribution < 1.29 is 9.47 Å². The molecule has 0 spiro atoms. The van der Waals surface area contributed by atoms with E-state index in [1.54, 1.807) is 14.2 Å². The maximum absolute atomic E-state index is 5.13. The van der Waals surface area contributed by atoms with Crippen molar-refractivity contribution in [2.24, 2.45) is 0 Å². The molecule has 0 radical (unpaired) electrons. The largest absolute Gasteiger partial charge is 0.380 e. The fraction of sp³-hybridized carbons (Fsp3) is 0.500. The average Bonchev–Trinajstić information content (AvgIpc) is 2.14. The van der Waals surface area contributed by atoms with Gasteiger partial charge >= 0.3 is 0 Å². The Morgan fingerprint density at radius 1 is 0.857 bits per heavy atom. The first-order valence-corrected chi connectivity index (χ1v) is 4.76. The minimum Gasteiger partial charge on any atom is -0.380 e. The molecule has 0 saturated heterocycles. The summed E-state index contributed by atoms with van der Waals surface area (Å²) in [5.74, 6) is 0. The predicted molar refractivity (Wildman–Crippen MR) is 57.3 cm³/mol. The quantitative estimate of drug-likeness (QED) is 0.733. The molecule has 14 heavy (non-hydrogen) atoms. The highest BCUT2D eigenvalue weighted by molar-refractivity contribution is 5.36. The third kappa shape index (κ3) is 2.56. The van der Waals surface area contributed by atoms with Gasteiger partial charge in [0, 0.05) is 14.2 Å². The van der Waals surface area contributed by atoms with E-state index in [2.05, 4.69) is 26.0 Å². The van der Waals surface area contributed by atoms with E-state index >= 15 is 0 Å². The summed E-state index contributed by atoms with van der Waals surface area (Å²) in [5, 5.41) is 0. The number of benzene rings is 1. The third-order valence-corrected chi connectivity index (χ3v) is 2.39. The second-order valence-electron chi connectivity index (χ2n) is 3.57. The van der Waals surface area contributed by atoms with Gasteiger partial charge in [0.25, 0.3) is 0 Å². The van der Waals surface area contributed by atoms with Gasteiger partial charge in [0.15, 0.2) is 0 Å². The second kappa shape index (κ2) is 5.13. The molecule has 0 atom stereocenters. The lowest BCUT2D eigenvalue weighted by molar-refractivity contribution is 0.181. The van der Waals surface area contributed by atoms with Crippen molar-refractivity contribution in [1.29, 1.82) is 0 Å². The summed E-state index contributed by atoms with van der Waals surface area (Å²) in [6.45, 7) is 5.57. The van der Waals surface area contributed by atoms with Crippen molar-refractivity contribution in [1.82, 2.24) is 0 Å². The van der Waals surface area contributed by atoms with Crippen LogP contribution in [0.5, 0.6) is 0 Å². The van der Waals surface area contributed by atoms with E-state index in [1.807, 2.05) is 0 Å². The lowest BCUT2D eigenvalue weighted by atomic mass is 10.0. The Bertz CT molecular complexity index is 274. The minimum atomic E-state index is 0.680. The van der Waals surface area contributed by atoms with E-state index in [1.165, 1.54) is 22.3 Å². The summed E-state index contributed by atoms with van der Waals surface area (Å²) >= 11 is 0. The highest BCUT2D eigenvalue weighted by Gasteiger charge is 2.03. The molecule has 1 rings (SSSR count). The molecule has 0 amide bonds. The molecule has 0 aliphatic heterocycles. The summed E-state index contributed by atoms with van der Waals surface area (Å²) in [5.41, 5.74) is 5.05. The Balaban J connectivity index is 2.97. The van der Waals surface area contributed by atoms with E-state index in [4.69, 9.17) is 9.47 Å². The van der Waals surface area contributed by atoms with E-state index in [0.717, 1.165) is 0 Å². The molecule has 0 unspecified atom stereocenters. The monoisotopic (exact) mass is 194 g/mol. The van der Waals surface area contributed by atoms with Crippen LogP contribution in [0, 0.1) is 13.8 Å². The molecular weight excluding hydrogens is 176 g/mol. The van der Waals surface area contributed by atoms with Gasteiger partial charge in [0.05, 0.1) is 13.2 Å². The molecule has 0 heterocycles. The summed E-state index contributed by atoms with van der Waals surface area (Å²) in [7, 11) is 3.44. The first-order valence-electron chi connectivity index (χ1n) is 4.76. The van der Waals surface area contributed by atoms with Crippen LogP contribution in [0.4, 0.5) is 0 Å². The lowest BCUT2D eigenvalue weighted by Crippen LogP contribution is -1.98. The van der Waals surface area contributed by atoms with Gasteiger partial charge in [-0.15, -0.1) is 0 Å². The second-order valence-corrected chi connectivity index (χ2v) is 3.57. The Morgan fingerprint density at radius 2 is 1.21 bits per heavy atom. The summed E-state index contributed by atoms with van der Waals surface area (Å²) in [6.07, 6.45) is 0. The van der Waals surface area contributed by atoms with Crippen LogP contribution in [0.15, 0.2) is 12.1 Å². The van der Waals surface area contributed by atoms with Crippen LogP contribution in [-0.4, -0.2) is 14.2 Å². The Morgan fingerprint density at radius 3 is 1.50 bits per heavy atom. The van der Waals surface area contributed by atoms with Crippen LogP contribution in [0.3, 0.4) is 0 Å². The molecule has 2 nitrogen and oxygen atoms in total. The predicted octanol–water partition coefficient (Wildman–Crippen LogP) is 2.60. The molecule has 2 heteroatoms. The van der Waals surface area contributed by atoms with Crippen molar-refractivity contribution in [2.75, 3.05) is 14.2 Å². The maximum Gasteiger partial charge on any atom is 0.0715 e. The first-order chi connectivity index (χ1) is 6.69. The molecule has 0 fully saturated rings. The molecule has 1 aromatic rings. The molecule has 0 aliphatic rings. The van der Waals surface area contributed by atoms with Gasteiger partial charge in [-0.25, -0.2) is 0 Å². The Kier molecular flexibility index (Phi) is 4.11. The summed E-state index contributed by atoms with van der Waals surface area (Å²) in [6, 6.07) is 4.35. The van der Waals surface area contributed by atoms with Crippen molar-refractivity contribution in [3.63, 3.8) is 0 Å². The van der Waals surface area contributed by atoms with Gasteiger partial charge in [-0.05, 0) is 36.1 Å². The van der Waals surface area contributed by atoms with Crippen LogP contribution in [0.1, 0.15) is 22.3 Å². The van der Waals surface area contributed by atoms with Crippen molar-refractivity contribution in [3.05, 3.63) is 34.4 Å². The standard InChI is InChI=1S/C12H18O2/c1-9-5-12(8-14-4)10(2)6-11(9)7-13-3/h5-6H,7-8H2,1-4H3. The zero-order valence-electron chi connectivity index (χ0n) is 9.39. The highest BCUT2D eigenvalue weighted by Crippen LogP contribution is 2.17. The smallest absolute Gasteiger partial charge is 0.0715 e. The SMILES string of the molecule is COCc1cc(C)c(COC)cc1C. The zero-order chi connectivity index (χ0) is 10.6. The highest BCUT2D eigenvalue weighted by atomic mass is 16.5. The fourth-order valence-electron chi connectivity index (χ4n) is 1.56. The van der Waals surface area contributed by atoms with Gasteiger partial charge in [-0.1, -0.05) is 12.1 Å². The topological polar surface area (TPSA) is 18.5 Å². The molecule has 0 aliphatic carbocycles. The van der Waals surface area contributed by atoms with Crippen LogP contribution in [0.25, 0.3) is 0 Å².